The van der Waals surface area contributed by atoms with Gasteiger partial charge in [-0.25, -0.2) is 0 Å². The number of hydrogen-bond donors (Lipinski definition) is 2. The van der Waals surface area contributed by atoms with E-state index in [1.165, 1.54) is 4.90 Å². The molecular formula is C21H15N3OS. The van der Waals surface area contributed by atoms with Gasteiger partial charge in [-0.2, -0.15) is 0 Å². The van der Waals surface area contributed by atoms with Gasteiger partial charge in [0.05, 0.1) is 22.8 Å². The van der Waals surface area contributed by atoms with E-state index in [4.69, 9.17) is 5.41 Å². The molecule has 4 nitrogen and oxygen atoms in total. The molecule has 1 fully saturated rings. The third-order valence-electron chi connectivity index (χ3n) is 4.72. The van der Waals surface area contributed by atoms with Crippen molar-refractivity contribution < 1.29 is 4.79 Å². The highest BCUT2D eigenvalue weighted by Crippen LogP contribution is 2.44. The number of benzene rings is 3. The van der Waals surface area contributed by atoms with Crippen LogP contribution < -0.4 is 10.2 Å². The van der Waals surface area contributed by atoms with Gasteiger partial charge in [-0.1, -0.05) is 60.3 Å². The summed E-state index contributed by atoms with van der Waals surface area (Å²) in [6.45, 7) is 0. The molecule has 5 rings (SSSR count). The zero-order chi connectivity index (χ0) is 17.7. The van der Waals surface area contributed by atoms with E-state index in [1.807, 2.05) is 66.7 Å². The van der Waals surface area contributed by atoms with Crippen LogP contribution in [0.25, 0.3) is 10.8 Å². The molecule has 0 bridgehead atoms. The lowest BCUT2D eigenvalue weighted by Crippen LogP contribution is -2.28. The van der Waals surface area contributed by atoms with Crippen LogP contribution in [0.1, 0.15) is 6.42 Å². The summed E-state index contributed by atoms with van der Waals surface area (Å²) in [6.07, 6.45) is 0.241. The van der Waals surface area contributed by atoms with Crippen molar-refractivity contribution in [3.05, 3.63) is 77.3 Å². The van der Waals surface area contributed by atoms with Crippen LogP contribution in [0.2, 0.25) is 0 Å². The SMILES string of the molecule is N=C1C(=C2Nc3ccccc3S2)CC(=O)N1c1cccc2ccccc12. The number of nitrogens with one attached hydrogen (secondary N) is 2. The molecule has 0 atom stereocenters. The average Bonchev–Trinajstić information content (AvgIpc) is 3.22. The Kier molecular flexibility index (Phi) is 3.36. The highest BCUT2D eigenvalue weighted by molar-refractivity contribution is 8.03. The van der Waals surface area contributed by atoms with Crippen molar-refractivity contribution in [3.8, 4) is 0 Å². The predicted octanol–water partition coefficient (Wildman–Crippen LogP) is 4.98. The number of nitrogens with zero attached hydrogens (tertiary/aromatic N) is 1. The maximum Gasteiger partial charge on any atom is 0.237 e. The molecule has 0 radical (unpaired) electrons. The van der Waals surface area contributed by atoms with Gasteiger partial charge in [0, 0.05) is 15.9 Å². The summed E-state index contributed by atoms with van der Waals surface area (Å²) >= 11 is 1.59. The minimum absolute atomic E-state index is 0.0628. The summed E-state index contributed by atoms with van der Waals surface area (Å²) in [6, 6.07) is 21.8. The van der Waals surface area contributed by atoms with Crippen LogP contribution in [0.3, 0.4) is 0 Å². The Morgan fingerprint density at radius 3 is 2.62 bits per heavy atom. The topological polar surface area (TPSA) is 56.2 Å². The molecule has 0 unspecified atom stereocenters. The van der Waals surface area contributed by atoms with Crippen LogP contribution in [0.5, 0.6) is 0 Å². The normalized spacial score (nSPS) is 19.2. The molecule has 126 valence electrons. The van der Waals surface area contributed by atoms with E-state index in [0.29, 0.717) is 0 Å². The molecule has 0 saturated carbocycles. The van der Waals surface area contributed by atoms with E-state index in [0.717, 1.165) is 37.6 Å². The van der Waals surface area contributed by atoms with Crippen molar-refractivity contribution in [2.24, 2.45) is 0 Å². The molecular weight excluding hydrogens is 342 g/mol. The fourth-order valence-electron chi connectivity index (χ4n) is 3.47. The highest BCUT2D eigenvalue weighted by atomic mass is 32.2. The van der Waals surface area contributed by atoms with Gasteiger partial charge in [0.25, 0.3) is 0 Å². The van der Waals surface area contributed by atoms with Gasteiger partial charge in [0.1, 0.15) is 5.84 Å². The van der Waals surface area contributed by atoms with E-state index in [-0.39, 0.29) is 18.2 Å². The molecule has 1 amide bonds. The lowest BCUT2D eigenvalue weighted by atomic mass is 10.1. The first kappa shape index (κ1) is 15.2. The summed E-state index contributed by atoms with van der Waals surface area (Å²) in [5, 5.41) is 15.0. The van der Waals surface area contributed by atoms with Crippen LogP contribution in [-0.4, -0.2) is 11.7 Å². The maximum absolute atomic E-state index is 12.8. The first-order valence-corrected chi connectivity index (χ1v) is 9.21. The Hall–Kier alpha value is -3.05. The summed E-state index contributed by atoms with van der Waals surface area (Å²) in [5.41, 5.74) is 2.56. The van der Waals surface area contributed by atoms with E-state index in [9.17, 15) is 4.79 Å². The first-order valence-electron chi connectivity index (χ1n) is 8.39. The van der Waals surface area contributed by atoms with E-state index in [2.05, 4.69) is 5.32 Å². The molecule has 2 aliphatic rings. The fraction of sp³-hybridized carbons (Fsp3) is 0.0476. The van der Waals surface area contributed by atoms with Crippen molar-refractivity contribution >= 4 is 45.7 Å². The van der Waals surface area contributed by atoms with Crippen molar-refractivity contribution in [3.63, 3.8) is 0 Å². The summed E-state index contributed by atoms with van der Waals surface area (Å²) in [5.74, 6) is 0.196. The van der Waals surface area contributed by atoms with Crippen molar-refractivity contribution in [2.75, 3.05) is 10.2 Å². The molecule has 3 aromatic carbocycles. The number of hydrogen-bond acceptors (Lipinski definition) is 4. The van der Waals surface area contributed by atoms with Gasteiger partial charge < -0.3 is 5.32 Å². The van der Waals surface area contributed by atoms with Crippen LogP contribution in [0, 0.1) is 5.41 Å². The molecule has 2 heterocycles. The summed E-state index contributed by atoms with van der Waals surface area (Å²) in [4.78, 5) is 15.4. The zero-order valence-corrected chi connectivity index (χ0v) is 14.6. The summed E-state index contributed by atoms with van der Waals surface area (Å²) < 4.78 is 0. The number of carbonyl (C=O) groups is 1. The van der Waals surface area contributed by atoms with Gasteiger partial charge in [-0.3, -0.25) is 15.1 Å². The Balaban J connectivity index is 1.58. The Bertz CT molecular complexity index is 1090. The molecule has 2 N–H and O–H groups in total. The van der Waals surface area contributed by atoms with Gasteiger partial charge in [-0.05, 0) is 23.6 Å². The zero-order valence-electron chi connectivity index (χ0n) is 13.8. The van der Waals surface area contributed by atoms with Crippen molar-refractivity contribution in [1.82, 2.24) is 0 Å². The van der Waals surface area contributed by atoms with E-state index < -0.39 is 0 Å². The third-order valence-corrected chi connectivity index (χ3v) is 5.84. The Morgan fingerprint density at radius 1 is 0.962 bits per heavy atom. The second kappa shape index (κ2) is 5.75. The molecule has 0 aromatic heterocycles. The number of para-hydroxylation sites is 1. The molecule has 2 aliphatic heterocycles. The van der Waals surface area contributed by atoms with Gasteiger partial charge in [-0.15, -0.1) is 0 Å². The molecule has 0 aliphatic carbocycles. The quantitative estimate of drug-likeness (QED) is 0.645. The van der Waals surface area contributed by atoms with Crippen molar-refractivity contribution in [1.29, 1.82) is 5.41 Å². The Labute approximate surface area is 155 Å². The highest BCUT2D eigenvalue weighted by Gasteiger charge is 2.36. The van der Waals surface area contributed by atoms with Gasteiger partial charge in [0.2, 0.25) is 5.91 Å². The number of amidine groups is 1. The average molecular weight is 357 g/mol. The number of carbonyl (C=O) groups excluding carboxylic acids is 1. The standard InChI is InChI=1S/C21H15N3OS/c22-20-15(21-23-16-9-3-4-11-18(16)26-21)12-19(25)24(20)17-10-5-7-13-6-1-2-8-14(13)17/h1-11,22-23H,12H2. The number of rotatable bonds is 1. The summed E-state index contributed by atoms with van der Waals surface area (Å²) in [7, 11) is 0. The van der Waals surface area contributed by atoms with E-state index >= 15 is 0 Å². The lowest BCUT2D eigenvalue weighted by Gasteiger charge is -2.18. The number of amides is 1. The van der Waals surface area contributed by atoms with Gasteiger partial charge >= 0.3 is 0 Å². The monoisotopic (exact) mass is 357 g/mol. The molecule has 5 heteroatoms. The van der Waals surface area contributed by atoms with Crippen LogP contribution in [0.15, 0.2) is 82.2 Å². The lowest BCUT2D eigenvalue weighted by molar-refractivity contribution is -0.116. The smallest absolute Gasteiger partial charge is 0.237 e. The largest absolute Gasteiger partial charge is 0.349 e. The molecule has 1 saturated heterocycles. The molecule has 3 aromatic rings. The second-order valence-corrected chi connectivity index (χ2v) is 7.34. The van der Waals surface area contributed by atoms with Crippen LogP contribution in [0.4, 0.5) is 11.4 Å². The predicted molar refractivity (Wildman–Crippen MR) is 107 cm³/mol. The number of thioether (sulfide) groups is 1. The maximum atomic E-state index is 12.8. The fourth-order valence-corrected chi connectivity index (χ4v) is 4.52. The second-order valence-electron chi connectivity index (χ2n) is 6.28. The van der Waals surface area contributed by atoms with Crippen molar-refractivity contribution in [2.45, 2.75) is 11.3 Å². The first-order chi connectivity index (χ1) is 12.7. The molecule has 26 heavy (non-hydrogen) atoms. The minimum atomic E-state index is -0.0628. The molecule has 0 spiro atoms. The van der Waals surface area contributed by atoms with Gasteiger partial charge in [0.15, 0.2) is 0 Å². The Morgan fingerprint density at radius 2 is 1.73 bits per heavy atom. The minimum Gasteiger partial charge on any atom is -0.349 e. The number of fused-ring (bicyclic) bond motifs is 2. The number of anilines is 2. The third kappa shape index (κ3) is 2.24. The van der Waals surface area contributed by atoms with E-state index in [1.54, 1.807) is 11.8 Å². The van der Waals surface area contributed by atoms with Crippen LogP contribution in [-0.2, 0) is 4.79 Å². The van der Waals surface area contributed by atoms with Crippen LogP contribution >= 0.6 is 11.8 Å².